The van der Waals surface area contributed by atoms with Crippen molar-refractivity contribution < 1.29 is 9.90 Å². The Bertz CT molecular complexity index is 749. The van der Waals surface area contributed by atoms with E-state index in [1.54, 1.807) is 19.1 Å². The van der Waals surface area contributed by atoms with Crippen LogP contribution in [0.1, 0.15) is 23.6 Å². The van der Waals surface area contributed by atoms with Crippen LogP contribution in [0, 0.1) is 13.8 Å². The van der Waals surface area contributed by atoms with Crippen molar-refractivity contribution in [2.24, 2.45) is 0 Å². The summed E-state index contributed by atoms with van der Waals surface area (Å²) in [6.07, 6.45) is 0.523. The average Bonchev–Trinajstić information content (AvgIpc) is 2.40. The molecule has 0 bridgehead atoms. The van der Waals surface area contributed by atoms with Gasteiger partial charge in [-0.05, 0) is 61.7 Å². The molecular weight excluding hydrogens is 278 g/mol. The number of benzene rings is 2. The number of hydrogen-bond donors (Lipinski definition) is 4. The summed E-state index contributed by atoms with van der Waals surface area (Å²) in [5.41, 5.74) is 11.3. The van der Waals surface area contributed by atoms with E-state index in [9.17, 15) is 4.79 Å². The van der Waals surface area contributed by atoms with Crippen molar-refractivity contribution in [2.45, 2.75) is 27.2 Å². The third kappa shape index (κ3) is 3.69. The van der Waals surface area contributed by atoms with Crippen LogP contribution in [0.2, 0.25) is 0 Å². The highest BCUT2D eigenvalue weighted by atomic mass is 16.3. The Hall–Kier alpha value is -2.69. The number of aromatic amines is 2. The smallest absolute Gasteiger partial charge is 0.138 e. The molecule has 2 aromatic carbocycles. The largest absolute Gasteiger partial charge is 0.506 e. The van der Waals surface area contributed by atoms with Crippen LogP contribution in [0.25, 0.3) is 11.0 Å². The number of nitrogens with two attached hydrogens (primary N) is 1. The summed E-state index contributed by atoms with van der Waals surface area (Å²) in [6, 6.07) is 9.38. The summed E-state index contributed by atoms with van der Waals surface area (Å²) in [4.78, 5) is 10.8. The third-order valence-electron chi connectivity index (χ3n) is 3.51. The molecule has 0 saturated carbocycles. The number of fused-ring (bicyclic) bond motifs is 1. The number of aromatic nitrogens is 2. The van der Waals surface area contributed by atoms with E-state index in [1.807, 2.05) is 32.0 Å². The van der Waals surface area contributed by atoms with Crippen LogP contribution in [0.4, 0.5) is 5.69 Å². The summed E-state index contributed by atoms with van der Waals surface area (Å²) in [5.74, 6) is 0.366. The van der Waals surface area contributed by atoms with Crippen LogP contribution in [-0.4, -0.2) is 21.1 Å². The number of ketones is 1. The van der Waals surface area contributed by atoms with Gasteiger partial charge in [0.15, 0.2) is 0 Å². The Balaban J connectivity index is 0.000000164. The first-order chi connectivity index (χ1) is 10.4. The molecule has 5 heteroatoms. The quantitative estimate of drug-likeness (QED) is 0.432. The van der Waals surface area contributed by atoms with Gasteiger partial charge < -0.3 is 10.8 Å². The van der Waals surface area contributed by atoms with E-state index in [0.717, 1.165) is 27.7 Å². The minimum absolute atomic E-state index is 0.170. The summed E-state index contributed by atoms with van der Waals surface area (Å²) in [7, 11) is 0. The number of carbonyl (C=O) groups excluding carboxylic acids is 1. The maximum absolute atomic E-state index is 10.8. The zero-order valence-electron chi connectivity index (χ0n) is 13.0. The van der Waals surface area contributed by atoms with Crippen molar-refractivity contribution in [3.63, 3.8) is 0 Å². The van der Waals surface area contributed by atoms with Crippen LogP contribution >= 0.6 is 0 Å². The molecule has 0 atom stereocenters. The molecule has 0 amide bonds. The molecule has 116 valence electrons. The number of H-pyrrole nitrogens is 2. The van der Waals surface area contributed by atoms with E-state index < -0.39 is 0 Å². The first kappa shape index (κ1) is 15.7. The fourth-order valence-electron chi connectivity index (χ4n) is 2.10. The Morgan fingerprint density at radius 1 is 1.09 bits per heavy atom. The van der Waals surface area contributed by atoms with E-state index >= 15 is 0 Å². The maximum Gasteiger partial charge on any atom is 0.138 e. The van der Waals surface area contributed by atoms with Crippen molar-refractivity contribution in [2.75, 3.05) is 5.73 Å². The lowest BCUT2D eigenvalue weighted by Crippen LogP contribution is -1.98. The molecule has 5 N–H and O–H groups in total. The fraction of sp³-hybridized carbons (Fsp3) is 0.235. The highest BCUT2D eigenvalue weighted by molar-refractivity contribution is 5.81. The number of aryl methyl sites for hydroxylation is 2. The molecule has 0 fully saturated rings. The molecule has 1 heterocycles. The predicted octanol–water partition coefficient (Wildman–Crippen LogP) is 3.22. The molecule has 0 aliphatic carbocycles. The number of carbonyl (C=O) groups is 1. The Morgan fingerprint density at radius 3 is 2.23 bits per heavy atom. The molecule has 0 radical (unpaired) electrons. The zero-order valence-corrected chi connectivity index (χ0v) is 13.0. The van der Waals surface area contributed by atoms with Crippen LogP contribution in [-0.2, 0) is 11.2 Å². The third-order valence-corrected chi connectivity index (χ3v) is 3.51. The van der Waals surface area contributed by atoms with Crippen molar-refractivity contribution in [1.29, 1.82) is 0 Å². The first-order valence-electron chi connectivity index (χ1n) is 7.07. The van der Waals surface area contributed by atoms with Gasteiger partial charge >= 0.3 is 0 Å². The summed E-state index contributed by atoms with van der Waals surface area (Å²) in [5, 5.41) is 15.0. The molecule has 0 aliphatic heterocycles. The number of rotatable bonds is 2. The molecule has 1 aromatic heterocycles. The van der Waals surface area contributed by atoms with Crippen molar-refractivity contribution >= 4 is 22.5 Å². The number of phenols is 1. The van der Waals surface area contributed by atoms with E-state index in [1.165, 1.54) is 0 Å². The molecule has 22 heavy (non-hydrogen) atoms. The van der Waals surface area contributed by atoms with Crippen LogP contribution < -0.4 is 5.73 Å². The molecule has 3 aromatic rings. The van der Waals surface area contributed by atoms with Crippen LogP contribution in [0.5, 0.6) is 5.75 Å². The summed E-state index contributed by atoms with van der Waals surface area (Å²) < 4.78 is 0. The fourth-order valence-corrected chi connectivity index (χ4v) is 2.10. The van der Waals surface area contributed by atoms with Gasteiger partial charge in [-0.15, -0.1) is 0 Å². The van der Waals surface area contributed by atoms with Gasteiger partial charge in [-0.3, -0.25) is 15.0 Å². The van der Waals surface area contributed by atoms with Crippen molar-refractivity contribution in [1.82, 2.24) is 10.2 Å². The zero-order chi connectivity index (χ0) is 16.3. The maximum atomic E-state index is 10.8. The van der Waals surface area contributed by atoms with Crippen molar-refractivity contribution in [3.8, 4) is 5.75 Å². The second-order valence-corrected chi connectivity index (χ2v) is 5.50. The van der Waals surface area contributed by atoms with Gasteiger partial charge in [-0.1, -0.05) is 6.07 Å². The number of nitrogens with one attached hydrogen (secondary N) is 2. The predicted molar refractivity (Wildman–Crippen MR) is 89.0 cm³/mol. The highest BCUT2D eigenvalue weighted by Gasteiger charge is 2.01. The van der Waals surface area contributed by atoms with E-state index in [2.05, 4.69) is 10.2 Å². The standard InChI is InChI=1S/C9H10N2O.C8H11NO/c1-6(12)4-7-2-3-8-9(5-7)11-10-8;1-5-3-7(9)8(10)4-6(5)2/h2-3,5,10-11H,4H2,1H3;3-4,10H,9H2,1-2H3. The van der Waals surface area contributed by atoms with Gasteiger partial charge in [-0.25, -0.2) is 0 Å². The van der Waals surface area contributed by atoms with E-state index in [0.29, 0.717) is 12.1 Å². The first-order valence-corrected chi connectivity index (χ1v) is 7.07. The van der Waals surface area contributed by atoms with Gasteiger partial charge in [0.25, 0.3) is 0 Å². The number of Topliss-reactive ketones (excluding diaryl/α,β-unsaturated/α-hetero) is 1. The number of hydrogen-bond acceptors (Lipinski definition) is 3. The number of phenolic OH excluding ortho intramolecular Hbond substituents is 1. The topological polar surface area (TPSA) is 94.9 Å². The second kappa shape index (κ2) is 6.39. The molecule has 3 rings (SSSR count). The highest BCUT2D eigenvalue weighted by Crippen LogP contribution is 2.23. The molecular formula is C17H21N3O2. The van der Waals surface area contributed by atoms with E-state index in [4.69, 9.17) is 10.8 Å². The van der Waals surface area contributed by atoms with E-state index in [-0.39, 0.29) is 11.5 Å². The number of anilines is 1. The Morgan fingerprint density at radius 2 is 1.73 bits per heavy atom. The van der Waals surface area contributed by atoms with Gasteiger partial charge in [0, 0.05) is 6.42 Å². The van der Waals surface area contributed by atoms with Crippen LogP contribution in [0.3, 0.4) is 0 Å². The molecule has 0 saturated heterocycles. The van der Waals surface area contributed by atoms with Crippen molar-refractivity contribution in [3.05, 3.63) is 47.0 Å². The molecule has 0 aliphatic rings. The number of aromatic hydroxyl groups is 1. The normalized spacial score (nSPS) is 10.3. The Kier molecular flexibility index (Phi) is 4.56. The van der Waals surface area contributed by atoms with Gasteiger partial charge in [0.05, 0.1) is 16.7 Å². The Labute approximate surface area is 129 Å². The minimum Gasteiger partial charge on any atom is -0.506 e. The SMILES string of the molecule is CC(=O)Cc1ccc2[nH][nH]c2c1.Cc1cc(N)c(O)cc1C. The monoisotopic (exact) mass is 299 g/mol. The summed E-state index contributed by atoms with van der Waals surface area (Å²) >= 11 is 0. The lowest BCUT2D eigenvalue weighted by Gasteiger charge is -2.04. The van der Waals surface area contributed by atoms with Gasteiger partial charge in [0.2, 0.25) is 0 Å². The minimum atomic E-state index is 0.170. The second-order valence-electron chi connectivity index (χ2n) is 5.50. The molecule has 5 nitrogen and oxygen atoms in total. The average molecular weight is 299 g/mol. The van der Waals surface area contributed by atoms with Gasteiger partial charge in [-0.2, -0.15) is 0 Å². The summed E-state index contributed by atoms with van der Waals surface area (Å²) in [6.45, 7) is 5.50. The lowest BCUT2D eigenvalue weighted by atomic mass is 10.1. The lowest BCUT2D eigenvalue weighted by molar-refractivity contribution is -0.116. The number of nitrogen functional groups attached to an aromatic ring is 1. The molecule has 0 spiro atoms. The van der Waals surface area contributed by atoms with Crippen LogP contribution in [0.15, 0.2) is 30.3 Å². The molecule has 0 unspecified atom stereocenters. The van der Waals surface area contributed by atoms with Gasteiger partial charge in [0.1, 0.15) is 11.5 Å².